The molecule has 3 aromatic carbocycles. The molecule has 12 heteroatoms. The number of benzene rings is 3. The van der Waals surface area contributed by atoms with Crippen LogP contribution in [0.5, 0.6) is 5.75 Å². The summed E-state index contributed by atoms with van der Waals surface area (Å²) in [5.41, 5.74) is 2.39. The van der Waals surface area contributed by atoms with Gasteiger partial charge in [-0.1, -0.05) is 47.5 Å². The monoisotopic (exact) mass is 591 g/mol. The van der Waals surface area contributed by atoms with Gasteiger partial charge >= 0.3 is 5.97 Å². The van der Waals surface area contributed by atoms with Crippen LogP contribution in [0.15, 0.2) is 82.8 Å². The van der Waals surface area contributed by atoms with E-state index in [-0.39, 0.29) is 27.2 Å². The summed E-state index contributed by atoms with van der Waals surface area (Å²) in [5, 5.41) is 4.04. The number of carbonyl (C=O) groups is 2. The molecule has 0 bridgehead atoms. The van der Waals surface area contributed by atoms with Crippen molar-refractivity contribution in [2.75, 3.05) is 17.5 Å². The van der Waals surface area contributed by atoms with Gasteiger partial charge in [-0.25, -0.2) is 18.6 Å². The SMILES string of the molecule is CC(C)(C)OC(=O)COc1ccc(/C=N\NC(=O)CN(c2cccc(Cl)c2Cl)S(=O)(=O)c2ccccc2)cc1. The van der Waals surface area contributed by atoms with Gasteiger partial charge in [-0.3, -0.25) is 9.10 Å². The molecule has 0 unspecified atom stereocenters. The maximum Gasteiger partial charge on any atom is 0.344 e. The van der Waals surface area contributed by atoms with Gasteiger partial charge in [-0.2, -0.15) is 5.10 Å². The molecule has 3 rings (SSSR count). The number of nitrogens with one attached hydrogen (secondary N) is 1. The molecule has 0 radical (unpaired) electrons. The van der Waals surface area contributed by atoms with E-state index in [1.54, 1.807) is 63.2 Å². The molecule has 0 fully saturated rings. The van der Waals surface area contributed by atoms with Crippen LogP contribution in [-0.2, 0) is 24.3 Å². The number of nitrogens with zero attached hydrogens (tertiary/aromatic N) is 2. The molecule has 0 aliphatic rings. The Bertz CT molecular complexity index is 1440. The van der Waals surface area contributed by atoms with Crippen molar-refractivity contribution in [1.29, 1.82) is 0 Å². The summed E-state index contributed by atoms with van der Waals surface area (Å²) in [4.78, 5) is 24.5. The van der Waals surface area contributed by atoms with Crippen molar-refractivity contribution >= 4 is 57.0 Å². The minimum atomic E-state index is -4.16. The van der Waals surface area contributed by atoms with Gasteiger partial charge in [0.05, 0.1) is 26.8 Å². The predicted octanol–water partition coefficient (Wildman–Crippen LogP) is 5.06. The lowest BCUT2D eigenvalue weighted by atomic mass is 10.2. The maximum absolute atomic E-state index is 13.4. The molecule has 1 N–H and O–H groups in total. The number of carbonyl (C=O) groups excluding carboxylic acids is 2. The van der Waals surface area contributed by atoms with Gasteiger partial charge in [-0.15, -0.1) is 0 Å². The maximum atomic E-state index is 13.4. The number of esters is 1. The van der Waals surface area contributed by atoms with Crippen LogP contribution in [0.4, 0.5) is 5.69 Å². The van der Waals surface area contributed by atoms with E-state index in [2.05, 4.69) is 10.5 Å². The molecule has 206 valence electrons. The van der Waals surface area contributed by atoms with E-state index >= 15 is 0 Å². The van der Waals surface area contributed by atoms with Gasteiger partial charge in [0, 0.05) is 0 Å². The molecule has 0 aliphatic carbocycles. The van der Waals surface area contributed by atoms with Gasteiger partial charge in [0.15, 0.2) is 6.61 Å². The highest BCUT2D eigenvalue weighted by Gasteiger charge is 2.29. The number of ether oxygens (including phenoxy) is 2. The molecular formula is C27H27Cl2N3O6S. The molecule has 39 heavy (non-hydrogen) atoms. The molecule has 0 spiro atoms. The number of rotatable bonds is 10. The van der Waals surface area contributed by atoms with Crippen LogP contribution in [0.25, 0.3) is 0 Å². The highest BCUT2D eigenvalue weighted by Crippen LogP contribution is 2.35. The number of hydrazone groups is 1. The summed E-state index contributed by atoms with van der Waals surface area (Å²) in [7, 11) is -4.16. The minimum absolute atomic E-state index is 0.0102. The van der Waals surface area contributed by atoms with Gasteiger partial charge in [0.1, 0.15) is 17.9 Å². The highest BCUT2D eigenvalue weighted by molar-refractivity contribution is 7.92. The van der Waals surface area contributed by atoms with E-state index in [0.29, 0.717) is 11.3 Å². The van der Waals surface area contributed by atoms with Gasteiger partial charge < -0.3 is 9.47 Å². The smallest absolute Gasteiger partial charge is 0.344 e. The summed E-state index contributed by atoms with van der Waals surface area (Å²) in [6, 6.07) is 18.7. The molecule has 0 aliphatic heterocycles. The van der Waals surface area contributed by atoms with Crippen LogP contribution in [0.1, 0.15) is 26.3 Å². The van der Waals surface area contributed by atoms with Crippen LogP contribution in [0.2, 0.25) is 10.0 Å². The third-order valence-corrected chi connectivity index (χ3v) is 7.46. The standard InChI is InChI=1S/C27H27Cl2N3O6S/c1-27(2,3)38-25(34)18-37-20-14-12-19(13-15-20)16-30-31-24(33)17-32(23-11-7-10-22(28)26(23)29)39(35,36)21-8-5-4-6-9-21/h4-16H,17-18H2,1-3H3,(H,31,33)/b30-16-. The molecule has 3 aromatic rings. The van der Waals surface area contributed by atoms with E-state index in [1.165, 1.54) is 36.5 Å². The van der Waals surface area contributed by atoms with E-state index in [0.717, 1.165) is 4.31 Å². The third-order valence-electron chi connectivity index (χ3n) is 4.88. The van der Waals surface area contributed by atoms with Crippen molar-refractivity contribution in [2.24, 2.45) is 5.10 Å². The number of anilines is 1. The van der Waals surface area contributed by atoms with Crippen molar-refractivity contribution in [3.63, 3.8) is 0 Å². The van der Waals surface area contributed by atoms with Crippen LogP contribution in [-0.4, -0.2) is 45.3 Å². The van der Waals surface area contributed by atoms with Gasteiger partial charge in [0.2, 0.25) is 0 Å². The topological polar surface area (TPSA) is 114 Å². The molecule has 9 nitrogen and oxygen atoms in total. The first-order chi connectivity index (χ1) is 18.4. The zero-order valence-corrected chi connectivity index (χ0v) is 23.8. The average Bonchev–Trinajstić information content (AvgIpc) is 2.88. The Hall–Kier alpha value is -3.60. The first-order valence-corrected chi connectivity index (χ1v) is 13.8. The lowest BCUT2D eigenvalue weighted by Crippen LogP contribution is -2.39. The fourth-order valence-electron chi connectivity index (χ4n) is 3.21. The van der Waals surface area contributed by atoms with E-state index < -0.39 is 34.0 Å². The largest absolute Gasteiger partial charge is 0.482 e. The first kappa shape index (κ1) is 29.9. The highest BCUT2D eigenvalue weighted by atomic mass is 35.5. The Morgan fingerprint density at radius 2 is 1.64 bits per heavy atom. The van der Waals surface area contributed by atoms with Crippen LogP contribution >= 0.6 is 23.2 Å². The van der Waals surface area contributed by atoms with E-state index in [1.807, 2.05) is 0 Å². The van der Waals surface area contributed by atoms with E-state index in [4.69, 9.17) is 32.7 Å². The normalized spacial score (nSPS) is 11.7. The molecule has 0 aromatic heterocycles. The van der Waals surface area contributed by atoms with Crippen LogP contribution < -0.4 is 14.5 Å². The first-order valence-electron chi connectivity index (χ1n) is 11.7. The fraction of sp³-hybridized carbons (Fsp3) is 0.222. The molecular weight excluding hydrogens is 565 g/mol. The predicted molar refractivity (Wildman–Crippen MR) is 151 cm³/mol. The Morgan fingerprint density at radius 3 is 2.28 bits per heavy atom. The Kier molecular flexibility index (Phi) is 9.96. The Morgan fingerprint density at radius 1 is 0.974 bits per heavy atom. The number of hydrogen-bond acceptors (Lipinski definition) is 7. The fourth-order valence-corrected chi connectivity index (χ4v) is 5.11. The number of hydrogen-bond donors (Lipinski definition) is 1. The summed E-state index contributed by atoms with van der Waals surface area (Å²) in [5.74, 6) is -0.750. The van der Waals surface area contributed by atoms with Crippen molar-refractivity contribution in [2.45, 2.75) is 31.3 Å². The van der Waals surface area contributed by atoms with Crippen molar-refractivity contribution in [1.82, 2.24) is 5.43 Å². The molecule has 1 amide bonds. The Balaban J connectivity index is 1.67. The second-order valence-corrected chi connectivity index (χ2v) is 11.8. The lowest BCUT2D eigenvalue weighted by molar-refractivity contribution is -0.157. The summed E-state index contributed by atoms with van der Waals surface area (Å²) < 4.78 is 38.3. The van der Waals surface area contributed by atoms with Crippen LogP contribution in [0.3, 0.4) is 0 Å². The molecule has 0 heterocycles. The summed E-state index contributed by atoms with van der Waals surface area (Å²) in [6.45, 7) is 4.46. The summed E-state index contributed by atoms with van der Waals surface area (Å²) in [6.07, 6.45) is 1.37. The zero-order valence-electron chi connectivity index (χ0n) is 21.4. The number of amides is 1. The van der Waals surface area contributed by atoms with Crippen LogP contribution in [0, 0.1) is 0 Å². The van der Waals surface area contributed by atoms with Crippen molar-refractivity contribution < 1.29 is 27.5 Å². The van der Waals surface area contributed by atoms with Crippen molar-refractivity contribution in [3.05, 3.63) is 88.4 Å². The summed E-state index contributed by atoms with van der Waals surface area (Å²) >= 11 is 12.4. The third kappa shape index (κ3) is 8.71. The number of halogens is 2. The Labute approximate surface area is 237 Å². The second-order valence-electron chi connectivity index (χ2n) is 9.14. The molecule has 0 atom stereocenters. The second kappa shape index (κ2) is 13.0. The number of sulfonamides is 1. The minimum Gasteiger partial charge on any atom is -0.482 e. The zero-order chi connectivity index (χ0) is 28.6. The van der Waals surface area contributed by atoms with Gasteiger partial charge in [0.25, 0.3) is 15.9 Å². The lowest BCUT2D eigenvalue weighted by Gasteiger charge is -2.24. The average molecular weight is 593 g/mol. The van der Waals surface area contributed by atoms with Crippen molar-refractivity contribution in [3.8, 4) is 5.75 Å². The quantitative estimate of drug-likeness (QED) is 0.200. The van der Waals surface area contributed by atoms with Gasteiger partial charge in [-0.05, 0) is 74.9 Å². The molecule has 0 saturated heterocycles. The van der Waals surface area contributed by atoms with E-state index in [9.17, 15) is 18.0 Å². The molecule has 0 saturated carbocycles.